The molecule has 7 heteroatoms. The number of hydrogen-bond donors (Lipinski definition) is 1. The van der Waals surface area contributed by atoms with Crippen LogP contribution < -0.4 is 5.32 Å². The van der Waals surface area contributed by atoms with E-state index in [9.17, 15) is 9.59 Å². The molecule has 0 aliphatic carbocycles. The number of aromatic nitrogens is 2. The highest BCUT2D eigenvalue weighted by molar-refractivity contribution is 7.13. The first-order valence-electron chi connectivity index (χ1n) is 8.20. The normalized spacial score (nSPS) is 19.7. The predicted molar refractivity (Wildman–Crippen MR) is 91.7 cm³/mol. The van der Waals surface area contributed by atoms with Crippen LogP contribution in [0.1, 0.15) is 29.8 Å². The number of likely N-dealkylation sites (tertiary alicyclic amines) is 1. The highest BCUT2D eigenvalue weighted by atomic mass is 32.1. The molecule has 2 saturated heterocycles. The van der Waals surface area contributed by atoms with Crippen LogP contribution in [-0.4, -0.2) is 46.1 Å². The van der Waals surface area contributed by atoms with Gasteiger partial charge in [0.2, 0.25) is 5.91 Å². The second-order valence-corrected chi connectivity index (χ2v) is 7.71. The van der Waals surface area contributed by atoms with E-state index in [1.54, 1.807) is 16.0 Å². The second-order valence-electron chi connectivity index (χ2n) is 6.76. The van der Waals surface area contributed by atoms with Gasteiger partial charge in [-0.25, -0.2) is 0 Å². The van der Waals surface area contributed by atoms with E-state index in [-0.39, 0.29) is 17.2 Å². The van der Waals surface area contributed by atoms with Gasteiger partial charge in [0.1, 0.15) is 0 Å². The Morgan fingerprint density at radius 2 is 2.17 bits per heavy atom. The Morgan fingerprint density at radius 1 is 1.38 bits per heavy atom. The molecule has 4 rings (SSSR count). The SMILES string of the molecule is Cn1nc(C(=O)N2CCC3(CC2)CNC(=O)C3)cc1-c1cccs1. The molecule has 0 radical (unpaired) electrons. The van der Waals surface area contributed by atoms with Crippen LogP contribution in [0.5, 0.6) is 0 Å². The first-order chi connectivity index (χ1) is 11.6. The van der Waals surface area contributed by atoms with E-state index in [0.29, 0.717) is 25.2 Å². The van der Waals surface area contributed by atoms with Crippen molar-refractivity contribution in [2.24, 2.45) is 12.5 Å². The number of thiophene rings is 1. The zero-order valence-corrected chi connectivity index (χ0v) is 14.4. The summed E-state index contributed by atoms with van der Waals surface area (Å²) < 4.78 is 1.77. The summed E-state index contributed by atoms with van der Waals surface area (Å²) in [5.41, 5.74) is 1.52. The molecule has 1 spiro atoms. The fourth-order valence-corrected chi connectivity index (χ4v) is 4.45. The molecule has 0 saturated carbocycles. The van der Waals surface area contributed by atoms with Gasteiger partial charge in [0.15, 0.2) is 5.69 Å². The van der Waals surface area contributed by atoms with Gasteiger partial charge in [0.25, 0.3) is 5.91 Å². The summed E-state index contributed by atoms with van der Waals surface area (Å²) in [6.45, 7) is 2.14. The number of amides is 2. The predicted octanol–water partition coefficient (Wildman–Crippen LogP) is 1.89. The van der Waals surface area contributed by atoms with E-state index in [4.69, 9.17) is 0 Å². The minimum Gasteiger partial charge on any atom is -0.356 e. The van der Waals surface area contributed by atoms with Gasteiger partial charge in [-0.3, -0.25) is 14.3 Å². The van der Waals surface area contributed by atoms with Crippen LogP contribution in [0.3, 0.4) is 0 Å². The van der Waals surface area contributed by atoms with E-state index < -0.39 is 0 Å². The molecule has 2 aromatic rings. The van der Waals surface area contributed by atoms with Crippen molar-refractivity contribution in [2.45, 2.75) is 19.3 Å². The third-order valence-corrected chi connectivity index (χ3v) is 6.07. The van der Waals surface area contributed by atoms with Crippen molar-refractivity contribution in [3.63, 3.8) is 0 Å². The standard InChI is InChI=1S/C17H20N4O2S/c1-20-13(14-3-2-8-24-14)9-12(19-20)16(23)21-6-4-17(5-7-21)10-15(22)18-11-17/h2-3,8-9H,4-7,10-11H2,1H3,(H,18,22). The Labute approximate surface area is 144 Å². The smallest absolute Gasteiger partial charge is 0.274 e. The van der Waals surface area contributed by atoms with Crippen molar-refractivity contribution in [1.29, 1.82) is 0 Å². The number of rotatable bonds is 2. The zero-order chi connectivity index (χ0) is 16.7. The average molecular weight is 344 g/mol. The maximum absolute atomic E-state index is 12.8. The van der Waals surface area contributed by atoms with E-state index in [2.05, 4.69) is 10.4 Å². The lowest BCUT2D eigenvalue weighted by atomic mass is 9.77. The van der Waals surface area contributed by atoms with E-state index in [1.165, 1.54) is 0 Å². The fraction of sp³-hybridized carbons (Fsp3) is 0.471. The van der Waals surface area contributed by atoms with Crippen molar-refractivity contribution < 1.29 is 9.59 Å². The number of hydrogen-bond acceptors (Lipinski definition) is 4. The minimum absolute atomic E-state index is 0.0134. The van der Waals surface area contributed by atoms with Crippen molar-refractivity contribution in [2.75, 3.05) is 19.6 Å². The van der Waals surface area contributed by atoms with Gasteiger partial charge in [-0.1, -0.05) is 6.07 Å². The molecular formula is C17H20N4O2S. The molecule has 2 amide bonds. The lowest BCUT2D eigenvalue weighted by Gasteiger charge is -2.37. The number of nitrogens with zero attached hydrogens (tertiary/aromatic N) is 3. The van der Waals surface area contributed by atoms with Crippen LogP contribution >= 0.6 is 11.3 Å². The Morgan fingerprint density at radius 3 is 2.79 bits per heavy atom. The molecule has 0 unspecified atom stereocenters. The summed E-state index contributed by atoms with van der Waals surface area (Å²) >= 11 is 1.64. The number of aryl methyl sites for hydroxylation is 1. The maximum atomic E-state index is 12.8. The minimum atomic E-state index is -0.0134. The maximum Gasteiger partial charge on any atom is 0.274 e. The first kappa shape index (κ1) is 15.4. The second kappa shape index (κ2) is 5.73. The Bertz CT molecular complexity index is 773. The molecule has 2 aromatic heterocycles. The number of carbonyl (C=O) groups is 2. The van der Waals surface area contributed by atoms with Crippen molar-refractivity contribution in [1.82, 2.24) is 20.0 Å². The van der Waals surface area contributed by atoms with Gasteiger partial charge in [-0.15, -0.1) is 11.3 Å². The fourth-order valence-electron chi connectivity index (χ4n) is 3.68. The van der Waals surface area contributed by atoms with Crippen LogP contribution in [0.2, 0.25) is 0 Å². The molecule has 2 fully saturated rings. The molecular weight excluding hydrogens is 324 g/mol. The first-order valence-corrected chi connectivity index (χ1v) is 9.08. The van der Waals surface area contributed by atoms with Gasteiger partial charge in [-0.05, 0) is 35.8 Å². The Hall–Kier alpha value is -2.15. The molecule has 0 aromatic carbocycles. The Balaban J connectivity index is 1.47. The van der Waals surface area contributed by atoms with Gasteiger partial charge in [0.05, 0.1) is 10.6 Å². The molecule has 0 bridgehead atoms. The largest absolute Gasteiger partial charge is 0.356 e. The van der Waals surface area contributed by atoms with E-state index in [0.717, 1.165) is 30.0 Å². The molecule has 4 heterocycles. The molecule has 1 N–H and O–H groups in total. The number of nitrogens with one attached hydrogen (secondary N) is 1. The molecule has 126 valence electrons. The lowest BCUT2D eigenvalue weighted by molar-refractivity contribution is -0.119. The lowest BCUT2D eigenvalue weighted by Crippen LogP contribution is -2.44. The molecule has 6 nitrogen and oxygen atoms in total. The average Bonchev–Trinajstić information content (AvgIpc) is 3.29. The molecule has 24 heavy (non-hydrogen) atoms. The van der Waals surface area contributed by atoms with Crippen LogP contribution in [0.4, 0.5) is 0 Å². The van der Waals surface area contributed by atoms with Crippen LogP contribution in [0, 0.1) is 5.41 Å². The van der Waals surface area contributed by atoms with Gasteiger partial charge in [0, 0.05) is 33.1 Å². The zero-order valence-electron chi connectivity index (χ0n) is 13.6. The highest BCUT2D eigenvalue weighted by Gasteiger charge is 2.41. The van der Waals surface area contributed by atoms with Gasteiger partial charge in [-0.2, -0.15) is 5.10 Å². The van der Waals surface area contributed by atoms with Crippen molar-refractivity contribution in [3.8, 4) is 10.6 Å². The third-order valence-electron chi connectivity index (χ3n) is 5.18. The monoisotopic (exact) mass is 344 g/mol. The van der Waals surface area contributed by atoms with E-state index in [1.807, 2.05) is 35.5 Å². The van der Waals surface area contributed by atoms with Gasteiger partial charge >= 0.3 is 0 Å². The van der Waals surface area contributed by atoms with Crippen molar-refractivity contribution in [3.05, 3.63) is 29.3 Å². The summed E-state index contributed by atoms with van der Waals surface area (Å²) in [6, 6.07) is 5.90. The van der Waals surface area contributed by atoms with Gasteiger partial charge < -0.3 is 10.2 Å². The summed E-state index contributed by atoms with van der Waals surface area (Å²) in [6.07, 6.45) is 2.35. The third kappa shape index (κ3) is 2.62. The van der Waals surface area contributed by atoms with E-state index >= 15 is 0 Å². The molecule has 0 atom stereocenters. The van der Waals surface area contributed by atoms with Crippen LogP contribution in [0.25, 0.3) is 10.6 Å². The van der Waals surface area contributed by atoms with Crippen LogP contribution in [0.15, 0.2) is 23.6 Å². The quantitative estimate of drug-likeness (QED) is 0.905. The molecule has 2 aliphatic rings. The molecule has 2 aliphatic heterocycles. The summed E-state index contributed by atoms with van der Waals surface area (Å²) in [5.74, 6) is 0.126. The van der Waals surface area contributed by atoms with Crippen molar-refractivity contribution >= 4 is 23.2 Å². The Kier molecular flexibility index (Phi) is 3.68. The van der Waals surface area contributed by atoms with Crippen LogP contribution in [-0.2, 0) is 11.8 Å². The number of piperidine rings is 1. The summed E-state index contributed by atoms with van der Waals surface area (Å²) in [7, 11) is 1.87. The summed E-state index contributed by atoms with van der Waals surface area (Å²) in [5, 5.41) is 9.35. The highest BCUT2D eigenvalue weighted by Crippen LogP contribution is 2.37. The summed E-state index contributed by atoms with van der Waals surface area (Å²) in [4.78, 5) is 27.3. The number of carbonyl (C=O) groups excluding carboxylic acids is 2. The topological polar surface area (TPSA) is 67.2 Å².